The van der Waals surface area contributed by atoms with Crippen LogP contribution in [0.1, 0.15) is 68.1 Å². The summed E-state index contributed by atoms with van der Waals surface area (Å²) in [5, 5.41) is 2.94. The van der Waals surface area contributed by atoms with Crippen LogP contribution in [0.15, 0.2) is 39.9 Å². The minimum Gasteiger partial charge on any atom is -0.444 e. The minimum absolute atomic E-state index is 0.0826. The van der Waals surface area contributed by atoms with Crippen LogP contribution < -0.4 is 16.6 Å². The van der Waals surface area contributed by atoms with Crippen molar-refractivity contribution in [1.29, 1.82) is 0 Å². The molecule has 4 rings (SSSR count). The molecule has 36 heavy (non-hydrogen) atoms. The standard InChI is InChI=1S/C26H31N5O5/c1-6-31-21-20(23(33)29-24(31)34)18(13-19(28-21)16-10-11-16)22(32)27-17-9-7-8-15(12-17)14-30(5)25(35)36-26(2,3)4/h7-9,12-13,16H,6,10-11,14H2,1-5H3,(H,27,32)(H,29,33,34). The molecule has 1 fully saturated rings. The van der Waals surface area contributed by atoms with Gasteiger partial charge in [-0.2, -0.15) is 0 Å². The molecular formula is C26H31N5O5. The van der Waals surface area contributed by atoms with Gasteiger partial charge in [-0.1, -0.05) is 12.1 Å². The lowest BCUT2D eigenvalue weighted by Crippen LogP contribution is -2.33. The van der Waals surface area contributed by atoms with Gasteiger partial charge in [-0.25, -0.2) is 14.6 Å². The van der Waals surface area contributed by atoms with E-state index in [1.165, 1.54) is 9.47 Å². The van der Waals surface area contributed by atoms with Crippen molar-refractivity contribution in [3.63, 3.8) is 0 Å². The fourth-order valence-corrected chi connectivity index (χ4v) is 3.98. The summed E-state index contributed by atoms with van der Waals surface area (Å²) in [6.07, 6.45) is 1.45. The molecule has 2 aromatic heterocycles. The van der Waals surface area contributed by atoms with Crippen molar-refractivity contribution in [1.82, 2.24) is 19.4 Å². The number of carbonyl (C=O) groups excluding carboxylic acids is 2. The third kappa shape index (κ3) is 5.48. The summed E-state index contributed by atoms with van der Waals surface area (Å²) in [5.74, 6) is -0.263. The second-order valence-corrected chi connectivity index (χ2v) is 10.1. The number of nitrogens with zero attached hydrogens (tertiary/aromatic N) is 3. The van der Waals surface area contributed by atoms with Crippen molar-refractivity contribution >= 4 is 28.7 Å². The Kier molecular flexibility index (Phi) is 6.71. The van der Waals surface area contributed by atoms with Crippen LogP contribution in [0.3, 0.4) is 0 Å². The van der Waals surface area contributed by atoms with Gasteiger partial charge >= 0.3 is 11.8 Å². The zero-order valence-electron chi connectivity index (χ0n) is 21.2. The van der Waals surface area contributed by atoms with Crippen LogP contribution in [0.25, 0.3) is 11.0 Å². The third-order valence-corrected chi connectivity index (χ3v) is 5.83. The number of aryl methyl sites for hydroxylation is 1. The highest BCUT2D eigenvalue weighted by atomic mass is 16.6. The van der Waals surface area contributed by atoms with Gasteiger partial charge in [0, 0.05) is 37.4 Å². The highest BCUT2D eigenvalue weighted by molar-refractivity contribution is 6.11. The Bertz CT molecular complexity index is 1450. The van der Waals surface area contributed by atoms with Crippen LogP contribution >= 0.6 is 0 Å². The van der Waals surface area contributed by atoms with Gasteiger partial charge in [-0.15, -0.1) is 0 Å². The smallest absolute Gasteiger partial charge is 0.410 e. The van der Waals surface area contributed by atoms with Crippen LogP contribution in [-0.4, -0.2) is 44.1 Å². The predicted octanol–water partition coefficient (Wildman–Crippen LogP) is 3.60. The summed E-state index contributed by atoms with van der Waals surface area (Å²) in [6.45, 7) is 7.78. The van der Waals surface area contributed by atoms with E-state index in [4.69, 9.17) is 4.74 Å². The van der Waals surface area contributed by atoms with E-state index in [0.717, 1.165) is 18.4 Å². The van der Waals surface area contributed by atoms with Gasteiger partial charge in [0.25, 0.3) is 11.5 Å². The maximum atomic E-state index is 13.4. The number of nitrogens with one attached hydrogen (secondary N) is 2. The molecular weight excluding hydrogens is 462 g/mol. The molecule has 190 valence electrons. The van der Waals surface area contributed by atoms with Crippen molar-refractivity contribution in [2.45, 2.75) is 65.1 Å². The van der Waals surface area contributed by atoms with Crippen molar-refractivity contribution in [3.05, 3.63) is 68.0 Å². The second-order valence-electron chi connectivity index (χ2n) is 10.1. The summed E-state index contributed by atoms with van der Waals surface area (Å²) >= 11 is 0. The van der Waals surface area contributed by atoms with Crippen molar-refractivity contribution in [3.8, 4) is 0 Å². The molecule has 0 spiro atoms. The fraction of sp³-hybridized carbons (Fsp3) is 0.423. The molecule has 0 bridgehead atoms. The maximum absolute atomic E-state index is 13.4. The number of aromatic amines is 1. The van der Waals surface area contributed by atoms with E-state index in [-0.39, 0.29) is 29.1 Å². The van der Waals surface area contributed by atoms with E-state index in [9.17, 15) is 19.2 Å². The third-order valence-electron chi connectivity index (χ3n) is 5.83. The number of rotatable bonds is 6. The Labute approximate surface area is 208 Å². The number of hydrogen-bond donors (Lipinski definition) is 2. The van der Waals surface area contributed by atoms with E-state index < -0.39 is 28.9 Å². The number of aromatic nitrogens is 3. The topological polar surface area (TPSA) is 126 Å². The summed E-state index contributed by atoms with van der Waals surface area (Å²) in [7, 11) is 1.64. The lowest BCUT2D eigenvalue weighted by molar-refractivity contribution is 0.0285. The predicted molar refractivity (Wildman–Crippen MR) is 136 cm³/mol. The monoisotopic (exact) mass is 493 g/mol. The van der Waals surface area contributed by atoms with Gasteiger partial charge < -0.3 is 15.0 Å². The molecule has 1 aliphatic carbocycles. The van der Waals surface area contributed by atoms with Crippen LogP contribution in [-0.2, 0) is 17.8 Å². The number of fused-ring (bicyclic) bond motifs is 1. The molecule has 1 aromatic carbocycles. The Morgan fingerprint density at radius 1 is 1.22 bits per heavy atom. The number of amides is 2. The van der Waals surface area contributed by atoms with E-state index in [2.05, 4.69) is 15.3 Å². The Morgan fingerprint density at radius 3 is 2.58 bits per heavy atom. The molecule has 0 unspecified atom stereocenters. The zero-order valence-corrected chi connectivity index (χ0v) is 21.2. The first kappa shape index (κ1) is 25.2. The van der Waals surface area contributed by atoms with Crippen molar-refractivity contribution in [2.24, 2.45) is 0 Å². The molecule has 2 amide bonds. The number of ether oxygens (including phenoxy) is 1. The van der Waals surface area contributed by atoms with Crippen LogP contribution in [0.5, 0.6) is 0 Å². The molecule has 10 heteroatoms. The molecule has 0 saturated heterocycles. The molecule has 3 aromatic rings. The van der Waals surface area contributed by atoms with Crippen LogP contribution in [0, 0.1) is 0 Å². The van der Waals surface area contributed by atoms with Crippen LogP contribution in [0.4, 0.5) is 10.5 Å². The highest BCUT2D eigenvalue weighted by Crippen LogP contribution is 2.40. The first-order valence-corrected chi connectivity index (χ1v) is 12.0. The van der Waals surface area contributed by atoms with Gasteiger partial charge in [0.1, 0.15) is 5.60 Å². The molecule has 0 radical (unpaired) electrons. The van der Waals surface area contributed by atoms with Gasteiger partial charge in [0.2, 0.25) is 0 Å². The van der Waals surface area contributed by atoms with E-state index >= 15 is 0 Å². The fourth-order valence-electron chi connectivity index (χ4n) is 3.98. The van der Waals surface area contributed by atoms with E-state index in [0.29, 0.717) is 17.9 Å². The van der Waals surface area contributed by atoms with Gasteiger partial charge in [-0.05, 0) is 64.3 Å². The summed E-state index contributed by atoms with van der Waals surface area (Å²) in [5.41, 5.74) is 0.582. The van der Waals surface area contributed by atoms with E-state index in [1.807, 2.05) is 6.07 Å². The van der Waals surface area contributed by atoms with Gasteiger partial charge in [-0.3, -0.25) is 19.1 Å². The number of hydrogen-bond acceptors (Lipinski definition) is 6. The number of anilines is 1. The first-order valence-electron chi connectivity index (χ1n) is 12.0. The summed E-state index contributed by atoms with van der Waals surface area (Å²) in [6, 6.07) is 8.75. The molecule has 0 aliphatic heterocycles. The normalized spacial score (nSPS) is 13.5. The van der Waals surface area contributed by atoms with E-state index in [1.54, 1.807) is 59.0 Å². The number of pyridine rings is 1. The Morgan fingerprint density at radius 2 is 1.94 bits per heavy atom. The molecule has 1 aliphatic rings. The van der Waals surface area contributed by atoms with Crippen LogP contribution in [0.2, 0.25) is 0 Å². The summed E-state index contributed by atoms with van der Waals surface area (Å²) in [4.78, 5) is 59.1. The van der Waals surface area contributed by atoms with Gasteiger partial charge in [0.05, 0.1) is 10.9 Å². The lowest BCUT2D eigenvalue weighted by atomic mass is 10.1. The van der Waals surface area contributed by atoms with Gasteiger partial charge in [0.15, 0.2) is 5.65 Å². The molecule has 1 saturated carbocycles. The average Bonchev–Trinajstić information content (AvgIpc) is 3.63. The average molecular weight is 494 g/mol. The SMILES string of the molecule is CCn1c(=O)[nH]c(=O)c2c(C(=O)Nc3cccc(CN(C)C(=O)OC(C)(C)C)c3)cc(C3CC3)nc21. The molecule has 10 nitrogen and oxygen atoms in total. The maximum Gasteiger partial charge on any atom is 0.410 e. The Balaban J connectivity index is 1.64. The molecule has 0 atom stereocenters. The zero-order chi connectivity index (χ0) is 26.2. The first-order chi connectivity index (χ1) is 17.0. The largest absolute Gasteiger partial charge is 0.444 e. The minimum atomic E-state index is -0.646. The van der Waals surface area contributed by atoms with Crippen molar-refractivity contribution < 1.29 is 14.3 Å². The number of carbonyl (C=O) groups is 2. The van der Waals surface area contributed by atoms with Crippen molar-refractivity contribution in [2.75, 3.05) is 12.4 Å². The number of H-pyrrole nitrogens is 1. The highest BCUT2D eigenvalue weighted by Gasteiger charge is 2.29. The molecule has 2 heterocycles. The quantitative estimate of drug-likeness (QED) is 0.540. The Hall–Kier alpha value is -3.95. The molecule has 2 N–H and O–H groups in total. The number of benzene rings is 1. The second kappa shape index (κ2) is 9.60. The lowest BCUT2D eigenvalue weighted by Gasteiger charge is -2.24. The summed E-state index contributed by atoms with van der Waals surface area (Å²) < 4.78 is 6.76.